The molecule has 1 aliphatic heterocycles. The molecule has 152 valence electrons. The zero-order valence-electron chi connectivity index (χ0n) is 16.7. The molecule has 0 spiro atoms. The van der Waals surface area contributed by atoms with Gasteiger partial charge in [-0.1, -0.05) is 72.3 Å². The largest absolute Gasteiger partial charge is 0.290 e. The molecule has 5 heteroatoms. The molecule has 3 aromatic carbocycles. The number of amides is 1. The molecule has 0 N–H and O–H groups in total. The summed E-state index contributed by atoms with van der Waals surface area (Å²) < 4.78 is 1.27. The highest BCUT2D eigenvalue weighted by atomic mass is 35.5. The summed E-state index contributed by atoms with van der Waals surface area (Å²) in [5.74, 6) is 0.624. The molecule has 0 bridgehead atoms. The van der Waals surface area contributed by atoms with Crippen LogP contribution in [0.4, 0.5) is 0 Å². The zero-order valence-corrected chi connectivity index (χ0v) is 18.2. The Hall–Kier alpha value is -3.21. The van der Waals surface area contributed by atoms with Gasteiger partial charge >= 0.3 is 0 Å². The van der Waals surface area contributed by atoms with Crippen LogP contribution in [0.25, 0.3) is 16.2 Å². The average molecular weight is 443 g/mol. The number of halogens is 1. The summed E-state index contributed by atoms with van der Waals surface area (Å²) in [6.45, 7) is 0.575. The van der Waals surface area contributed by atoms with Crippen LogP contribution in [0.2, 0.25) is 5.02 Å². The molecule has 0 saturated carbocycles. The predicted molar refractivity (Wildman–Crippen MR) is 130 cm³/mol. The standard InChI is InChI=1S/C26H19ClN2OS/c27-21-12-10-18(11-13-21)16-23-26(30)29(25(28-23)19-6-2-1-3-7-19)15-14-20-17-31-24-9-5-4-8-22(20)24/h1-13,16-17H,14-15H2/b23-16-. The molecular formula is C26H19ClN2OS. The molecule has 1 amide bonds. The SMILES string of the molecule is O=C1/C(=C/c2ccc(Cl)cc2)N=C(c2ccccc2)N1CCc1csc2ccccc12. The van der Waals surface area contributed by atoms with Crippen molar-refractivity contribution in [3.05, 3.63) is 112 Å². The number of aliphatic imine (C=N–C) groups is 1. The van der Waals surface area contributed by atoms with Crippen molar-refractivity contribution in [1.82, 2.24) is 4.90 Å². The summed E-state index contributed by atoms with van der Waals surface area (Å²) in [6, 6.07) is 25.7. The van der Waals surface area contributed by atoms with Crippen LogP contribution in [0, 0.1) is 0 Å². The lowest BCUT2D eigenvalue weighted by Gasteiger charge is -2.18. The van der Waals surface area contributed by atoms with Crippen LogP contribution < -0.4 is 0 Å². The van der Waals surface area contributed by atoms with Gasteiger partial charge in [-0.3, -0.25) is 9.69 Å². The number of hydrogen-bond acceptors (Lipinski definition) is 3. The van der Waals surface area contributed by atoms with Crippen molar-refractivity contribution in [2.24, 2.45) is 4.99 Å². The van der Waals surface area contributed by atoms with E-state index in [1.165, 1.54) is 15.6 Å². The number of rotatable bonds is 5. The van der Waals surface area contributed by atoms with Gasteiger partial charge in [0.1, 0.15) is 11.5 Å². The Bertz CT molecular complexity index is 1310. The molecule has 4 aromatic rings. The van der Waals surface area contributed by atoms with Crippen LogP contribution in [0.3, 0.4) is 0 Å². The number of carbonyl (C=O) groups is 1. The van der Waals surface area contributed by atoms with E-state index in [2.05, 4.69) is 29.6 Å². The number of benzene rings is 3. The highest BCUT2D eigenvalue weighted by Gasteiger charge is 2.30. The summed E-state index contributed by atoms with van der Waals surface area (Å²) in [7, 11) is 0. The second-order valence-corrected chi connectivity index (χ2v) is 8.69. The van der Waals surface area contributed by atoms with E-state index in [0.29, 0.717) is 23.1 Å². The third-order valence-electron chi connectivity index (χ3n) is 5.32. The van der Waals surface area contributed by atoms with Crippen molar-refractivity contribution in [2.75, 3.05) is 6.54 Å². The van der Waals surface area contributed by atoms with E-state index >= 15 is 0 Å². The van der Waals surface area contributed by atoms with Gasteiger partial charge in [0.25, 0.3) is 5.91 Å². The lowest BCUT2D eigenvalue weighted by molar-refractivity contribution is -0.122. The normalized spacial score (nSPS) is 15.1. The fourth-order valence-electron chi connectivity index (χ4n) is 3.74. The van der Waals surface area contributed by atoms with E-state index < -0.39 is 0 Å². The van der Waals surface area contributed by atoms with E-state index in [1.54, 1.807) is 16.2 Å². The number of carbonyl (C=O) groups excluding carboxylic acids is 1. The van der Waals surface area contributed by atoms with E-state index in [4.69, 9.17) is 16.6 Å². The first-order valence-corrected chi connectivity index (χ1v) is 11.3. The Morgan fingerprint density at radius 2 is 1.68 bits per heavy atom. The Labute approximate surface area is 189 Å². The summed E-state index contributed by atoms with van der Waals surface area (Å²) in [4.78, 5) is 19.8. The van der Waals surface area contributed by atoms with Gasteiger partial charge in [0.15, 0.2) is 0 Å². The Morgan fingerprint density at radius 1 is 0.935 bits per heavy atom. The molecule has 0 radical (unpaired) electrons. The van der Waals surface area contributed by atoms with Gasteiger partial charge < -0.3 is 0 Å². The lowest BCUT2D eigenvalue weighted by atomic mass is 10.1. The maximum atomic E-state index is 13.3. The van der Waals surface area contributed by atoms with E-state index in [-0.39, 0.29) is 5.91 Å². The molecular weight excluding hydrogens is 424 g/mol. The van der Waals surface area contributed by atoms with Crippen LogP contribution in [0.1, 0.15) is 16.7 Å². The van der Waals surface area contributed by atoms with Crippen LogP contribution in [0.5, 0.6) is 0 Å². The highest BCUT2D eigenvalue weighted by molar-refractivity contribution is 7.17. The van der Waals surface area contributed by atoms with Gasteiger partial charge in [-0.25, -0.2) is 4.99 Å². The van der Waals surface area contributed by atoms with Gasteiger partial charge in [0.05, 0.1) is 0 Å². The van der Waals surface area contributed by atoms with Gasteiger partial charge in [-0.2, -0.15) is 0 Å². The van der Waals surface area contributed by atoms with Crippen molar-refractivity contribution < 1.29 is 4.79 Å². The fourth-order valence-corrected chi connectivity index (χ4v) is 4.86. The zero-order chi connectivity index (χ0) is 21.2. The number of thiophene rings is 1. The minimum Gasteiger partial charge on any atom is -0.290 e. The monoisotopic (exact) mass is 442 g/mol. The van der Waals surface area contributed by atoms with E-state index in [1.807, 2.05) is 60.7 Å². The van der Waals surface area contributed by atoms with Gasteiger partial charge in [-0.05, 0) is 52.6 Å². The molecule has 1 aromatic heterocycles. The first-order valence-electron chi connectivity index (χ1n) is 10.1. The van der Waals surface area contributed by atoms with Crippen molar-refractivity contribution >= 4 is 50.8 Å². The van der Waals surface area contributed by atoms with Crippen LogP contribution in [0.15, 0.2) is 94.9 Å². The van der Waals surface area contributed by atoms with Crippen LogP contribution in [-0.2, 0) is 11.2 Å². The molecule has 0 saturated heterocycles. The number of nitrogens with zero attached hydrogens (tertiary/aromatic N) is 2. The summed E-state index contributed by atoms with van der Waals surface area (Å²) in [5, 5.41) is 4.11. The van der Waals surface area contributed by atoms with Crippen molar-refractivity contribution in [3.8, 4) is 0 Å². The second kappa shape index (κ2) is 8.50. The Morgan fingerprint density at radius 3 is 2.48 bits per heavy atom. The van der Waals surface area contributed by atoms with E-state index in [9.17, 15) is 4.79 Å². The van der Waals surface area contributed by atoms with Crippen LogP contribution in [-0.4, -0.2) is 23.2 Å². The first-order chi connectivity index (χ1) is 15.2. The van der Waals surface area contributed by atoms with Crippen molar-refractivity contribution in [1.29, 1.82) is 0 Å². The number of amidine groups is 1. The Balaban J connectivity index is 1.46. The molecule has 3 nitrogen and oxygen atoms in total. The second-order valence-electron chi connectivity index (χ2n) is 7.35. The van der Waals surface area contributed by atoms with Crippen molar-refractivity contribution in [3.63, 3.8) is 0 Å². The molecule has 31 heavy (non-hydrogen) atoms. The highest BCUT2D eigenvalue weighted by Crippen LogP contribution is 2.28. The lowest BCUT2D eigenvalue weighted by Crippen LogP contribution is -2.34. The van der Waals surface area contributed by atoms with Gasteiger partial charge in [0, 0.05) is 21.8 Å². The molecule has 0 aliphatic carbocycles. The fraction of sp³-hybridized carbons (Fsp3) is 0.0769. The minimum absolute atomic E-state index is 0.0756. The Kier molecular flexibility index (Phi) is 5.41. The molecule has 0 unspecified atom stereocenters. The molecule has 2 heterocycles. The minimum atomic E-state index is -0.0756. The number of hydrogen-bond donors (Lipinski definition) is 0. The smallest absolute Gasteiger partial charge is 0.278 e. The summed E-state index contributed by atoms with van der Waals surface area (Å²) in [5.41, 5.74) is 3.53. The van der Waals surface area contributed by atoms with Crippen LogP contribution >= 0.6 is 22.9 Å². The maximum Gasteiger partial charge on any atom is 0.278 e. The van der Waals surface area contributed by atoms with E-state index in [0.717, 1.165) is 17.5 Å². The summed E-state index contributed by atoms with van der Waals surface area (Å²) >= 11 is 7.73. The molecule has 5 rings (SSSR count). The third-order valence-corrected chi connectivity index (χ3v) is 6.58. The van der Waals surface area contributed by atoms with Gasteiger partial charge in [0.2, 0.25) is 0 Å². The average Bonchev–Trinajstić information content (AvgIpc) is 3.35. The number of fused-ring (bicyclic) bond motifs is 1. The topological polar surface area (TPSA) is 32.7 Å². The maximum absolute atomic E-state index is 13.3. The molecule has 1 aliphatic rings. The third kappa shape index (κ3) is 4.05. The first kappa shape index (κ1) is 19.7. The molecule has 0 fully saturated rings. The quantitative estimate of drug-likeness (QED) is 0.328. The van der Waals surface area contributed by atoms with Gasteiger partial charge in [-0.15, -0.1) is 11.3 Å². The summed E-state index contributed by atoms with van der Waals surface area (Å²) in [6.07, 6.45) is 2.59. The molecule has 0 atom stereocenters. The van der Waals surface area contributed by atoms with Crippen molar-refractivity contribution in [2.45, 2.75) is 6.42 Å². The predicted octanol–water partition coefficient (Wildman–Crippen LogP) is 6.43.